The second kappa shape index (κ2) is 13.0. The van der Waals surface area contributed by atoms with Gasteiger partial charge in [0.15, 0.2) is 23.0 Å². The Morgan fingerprint density at radius 2 is 1.66 bits per heavy atom. The lowest BCUT2D eigenvalue weighted by atomic mass is 10.2. The first-order valence-corrected chi connectivity index (χ1v) is 11.1. The highest BCUT2D eigenvalue weighted by Crippen LogP contribution is 2.36. The van der Waals surface area contributed by atoms with E-state index in [1.54, 1.807) is 48.8 Å². The van der Waals surface area contributed by atoms with Crippen LogP contribution in [0.4, 0.5) is 0 Å². The summed E-state index contributed by atoms with van der Waals surface area (Å²) in [6.45, 7) is 2.53. The molecule has 0 fully saturated rings. The van der Waals surface area contributed by atoms with E-state index in [1.165, 1.54) is 14.2 Å². The van der Waals surface area contributed by atoms with E-state index in [1.807, 2.05) is 19.1 Å². The van der Waals surface area contributed by atoms with Gasteiger partial charge in [-0.25, -0.2) is 0 Å². The molecule has 1 heterocycles. The molecule has 3 rings (SSSR count). The SMILES string of the molecule is CCOc1cc(C(=O)NCC(O)COc2c(OC)cccc2OC)ccc1OCc1ccncc1. The fourth-order valence-electron chi connectivity index (χ4n) is 3.19. The first-order chi connectivity index (χ1) is 17.0. The highest BCUT2D eigenvalue weighted by atomic mass is 16.5. The summed E-state index contributed by atoms with van der Waals surface area (Å²) < 4.78 is 27.8. The van der Waals surface area contributed by atoms with Gasteiger partial charge in [0.05, 0.1) is 20.8 Å². The van der Waals surface area contributed by atoms with Crippen LogP contribution in [0.2, 0.25) is 0 Å². The van der Waals surface area contributed by atoms with E-state index >= 15 is 0 Å². The van der Waals surface area contributed by atoms with Crippen molar-refractivity contribution in [3.05, 3.63) is 72.1 Å². The Balaban J connectivity index is 1.56. The summed E-state index contributed by atoms with van der Waals surface area (Å²) in [4.78, 5) is 16.7. The molecule has 3 aromatic rings. The minimum absolute atomic E-state index is 0.0133. The van der Waals surface area contributed by atoms with Gasteiger partial charge in [0.1, 0.15) is 19.3 Å². The maximum Gasteiger partial charge on any atom is 0.251 e. The molecule has 0 bridgehead atoms. The number of aliphatic hydroxyl groups is 1. The third kappa shape index (κ3) is 7.25. The number of methoxy groups -OCH3 is 2. The van der Waals surface area contributed by atoms with Gasteiger partial charge < -0.3 is 34.1 Å². The molecular formula is C26H30N2O7. The number of para-hydroxylation sites is 1. The van der Waals surface area contributed by atoms with Gasteiger partial charge in [0.2, 0.25) is 5.75 Å². The van der Waals surface area contributed by atoms with Gasteiger partial charge in [-0.05, 0) is 55.0 Å². The number of carbonyl (C=O) groups is 1. The van der Waals surface area contributed by atoms with Gasteiger partial charge in [-0.15, -0.1) is 0 Å². The molecule has 186 valence electrons. The number of nitrogens with zero attached hydrogens (tertiary/aromatic N) is 1. The molecule has 0 saturated carbocycles. The molecule has 1 atom stereocenters. The van der Waals surface area contributed by atoms with Crippen LogP contribution in [0.1, 0.15) is 22.8 Å². The van der Waals surface area contributed by atoms with Gasteiger partial charge in [0.25, 0.3) is 5.91 Å². The van der Waals surface area contributed by atoms with Crippen LogP contribution in [0.25, 0.3) is 0 Å². The molecule has 2 N–H and O–H groups in total. The molecule has 0 aliphatic heterocycles. The summed E-state index contributed by atoms with van der Waals surface area (Å²) in [6.07, 6.45) is 2.44. The molecular weight excluding hydrogens is 452 g/mol. The predicted octanol–water partition coefficient (Wildman–Crippen LogP) is 3.25. The van der Waals surface area contributed by atoms with E-state index in [9.17, 15) is 9.90 Å². The van der Waals surface area contributed by atoms with Crippen molar-refractivity contribution in [1.29, 1.82) is 0 Å². The smallest absolute Gasteiger partial charge is 0.251 e. The number of rotatable bonds is 13. The van der Waals surface area contributed by atoms with Crippen LogP contribution >= 0.6 is 0 Å². The van der Waals surface area contributed by atoms with Crippen LogP contribution in [0, 0.1) is 0 Å². The fraction of sp³-hybridized carbons (Fsp3) is 0.308. The molecule has 1 unspecified atom stereocenters. The highest BCUT2D eigenvalue weighted by molar-refractivity contribution is 5.94. The molecule has 0 aliphatic carbocycles. The number of nitrogens with one attached hydrogen (secondary N) is 1. The van der Waals surface area contributed by atoms with Crippen LogP contribution in [0.3, 0.4) is 0 Å². The maximum absolute atomic E-state index is 12.7. The van der Waals surface area contributed by atoms with Gasteiger partial charge in [-0.1, -0.05) is 6.07 Å². The number of hydrogen-bond acceptors (Lipinski definition) is 8. The van der Waals surface area contributed by atoms with Gasteiger partial charge in [-0.2, -0.15) is 0 Å². The Hall–Kier alpha value is -3.98. The maximum atomic E-state index is 12.7. The number of amides is 1. The molecule has 9 heteroatoms. The van der Waals surface area contributed by atoms with Crippen molar-refractivity contribution in [3.63, 3.8) is 0 Å². The Kier molecular flexibility index (Phi) is 9.56. The summed E-state index contributed by atoms with van der Waals surface area (Å²) in [5.74, 6) is 1.97. The van der Waals surface area contributed by atoms with Crippen molar-refractivity contribution in [1.82, 2.24) is 10.3 Å². The molecule has 9 nitrogen and oxygen atoms in total. The summed E-state index contributed by atoms with van der Waals surface area (Å²) in [6, 6.07) is 13.9. The zero-order chi connectivity index (χ0) is 25.0. The van der Waals surface area contributed by atoms with Gasteiger partial charge in [0, 0.05) is 24.5 Å². The zero-order valence-corrected chi connectivity index (χ0v) is 20.0. The number of pyridine rings is 1. The van der Waals surface area contributed by atoms with Gasteiger partial charge >= 0.3 is 0 Å². The van der Waals surface area contributed by atoms with Crippen molar-refractivity contribution < 1.29 is 33.6 Å². The predicted molar refractivity (Wildman–Crippen MR) is 130 cm³/mol. The van der Waals surface area contributed by atoms with E-state index in [-0.39, 0.29) is 19.1 Å². The lowest BCUT2D eigenvalue weighted by Crippen LogP contribution is -2.35. The van der Waals surface area contributed by atoms with Crippen LogP contribution in [0.15, 0.2) is 60.9 Å². The van der Waals surface area contributed by atoms with Gasteiger partial charge in [-0.3, -0.25) is 9.78 Å². The molecule has 1 amide bonds. The van der Waals surface area contributed by atoms with Crippen molar-refractivity contribution in [2.75, 3.05) is 34.0 Å². The Bertz CT molecular complexity index is 1070. The Morgan fingerprint density at radius 3 is 2.31 bits per heavy atom. The van der Waals surface area contributed by atoms with Crippen LogP contribution < -0.4 is 29.0 Å². The normalized spacial score (nSPS) is 11.3. The summed E-state index contributed by atoms with van der Waals surface area (Å²) >= 11 is 0. The van der Waals surface area contributed by atoms with Crippen LogP contribution in [0.5, 0.6) is 28.7 Å². The topological polar surface area (TPSA) is 108 Å². The number of ether oxygens (including phenoxy) is 5. The third-order valence-corrected chi connectivity index (χ3v) is 4.95. The highest BCUT2D eigenvalue weighted by Gasteiger charge is 2.16. The Labute approximate surface area is 204 Å². The quantitative estimate of drug-likeness (QED) is 0.382. The molecule has 0 spiro atoms. The van der Waals surface area contributed by atoms with Crippen LogP contribution in [-0.2, 0) is 6.61 Å². The van der Waals surface area contributed by atoms with Crippen LogP contribution in [-0.4, -0.2) is 56.1 Å². The van der Waals surface area contributed by atoms with Crippen molar-refractivity contribution in [2.45, 2.75) is 19.6 Å². The fourth-order valence-corrected chi connectivity index (χ4v) is 3.19. The molecule has 35 heavy (non-hydrogen) atoms. The first kappa shape index (κ1) is 25.6. The standard InChI is InChI=1S/C26H30N2O7/c1-4-33-24-14-19(8-9-21(24)34-16-18-10-12-27-13-11-18)26(30)28-15-20(29)17-35-25-22(31-2)6-5-7-23(25)32-3/h5-14,20,29H,4,15-17H2,1-3H3,(H,28,30). The summed E-state index contributed by atoms with van der Waals surface area (Å²) in [5, 5.41) is 13.0. The molecule has 2 aromatic carbocycles. The van der Waals surface area contributed by atoms with E-state index in [0.29, 0.717) is 47.5 Å². The number of aromatic nitrogens is 1. The van der Waals surface area contributed by atoms with Crippen molar-refractivity contribution >= 4 is 5.91 Å². The monoisotopic (exact) mass is 482 g/mol. The zero-order valence-electron chi connectivity index (χ0n) is 20.0. The van der Waals surface area contributed by atoms with E-state index in [4.69, 9.17) is 23.7 Å². The number of benzene rings is 2. The average Bonchev–Trinajstić information content (AvgIpc) is 2.90. The largest absolute Gasteiger partial charge is 0.493 e. The van der Waals surface area contributed by atoms with E-state index in [2.05, 4.69) is 10.3 Å². The van der Waals surface area contributed by atoms with E-state index in [0.717, 1.165) is 5.56 Å². The summed E-state index contributed by atoms with van der Waals surface area (Å²) in [5.41, 5.74) is 1.34. The number of carbonyl (C=O) groups excluding carboxylic acids is 1. The molecule has 0 saturated heterocycles. The number of hydrogen-bond donors (Lipinski definition) is 2. The second-order valence-electron chi connectivity index (χ2n) is 7.41. The minimum atomic E-state index is -0.956. The lowest BCUT2D eigenvalue weighted by Gasteiger charge is -2.17. The molecule has 1 aromatic heterocycles. The molecule has 0 aliphatic rings. The Morgan fingerprint density at radius 1 is 0.943 bits per heavy atom. The van der Waals surface area contributed by atoms with Crippen molar-refractivity contribution in [3.8, 4) is 28.7 Å². The first-order valence-electron chi connectivity index (χ1n) is 11.1. The summed E-state index contributed by atoms with van der Waals surface area (Å²) in [7, 11) is 3.04. The van der Waals surface area contributed by atoms with E-state index < -0.39 is 6.10 Å². The lowest BCUT2D eigenvalue weighted by molar-refractivity contribution is 0.0833. The average molecular weight is 483 g/mol. The second-order valence-corrected chi connectivity index (χ2v) is 7.41. The third-order valence-electron chi connectivity index (χ3n) is 4.95. The molecule has 0 radical (unpaired) electrons. The van der Waals surface area contributed by atoms with Crippen molar-refractivity contribution in [2.24, 2.45) is 0 Å². The minimum Gasteiger partial charge on any atom is -0.493 e. The number of aliphatic hydroxyl groups excluding tert-OH is 1.